The number of hydrogen-bond acceptors (Lipinski definition) is 3. The molecule has 1 aromatic rings. The number of aromatic amines is 1. The van der Waals surface area contributed by atoms with Gasteiger partial charge in [-0.15, -0.1) is 0 Å². The quantitative estimate of drug-likeness (QED) is 0.747. The van der Waals surface area contributed by atoms with Gasteiger partial charge in [0.05, 0.1) is 12.2 Å². The molecule has 0 aliphatic carbocycles. The van der Waals surface area contributed by atoms with E-state index in [4.69, 9.17) is 9.84 Å². The summed E-state index contributed by atoms with van der Waals surface area (Å²) in [6, 6.07) is 0. The van der Waals surface area contributed by atoms with Crippen molar-refractivity contribution in [1.82, 2.24) is 9.88 Å². The highest BCUT2D eigenvalue weighted by Crippen LogP contribution is 2.19. The van der Waals surface area contributed by atoms with E-state index in [9.17, 15) is 9.59 Å². The van der Waals surface area contributed by atoms with Gasteiger partial charge in [-0.3, -0.25) is 4.79 Å². The smallest absolute Gasteiger partial charge is 0.352 e. The summed E-state index contributed by atoms with van der Waals surface area (Å²) in [6.07, 6.45) is 0. The lowest BCUT2D eigenvalue weighted by molar-refractivity contribution is 0.0668. The molecule has 2 N–H and O–H groups in total. The van der Waals surface area contributed by atoms with Crippen molar-refractivity contribution in [3.05, 3.63) is 22.5 Å². The van der Waals surface area contributed by atoms with Gasteiger partial charge in [-0.2, -0.15) is 0 Å². The van der Waals surface area contributed by atoms with Crippen molar-refractivity contribution < 1.29 is 19.4 Å². The average molecular weight is 282 g/mol. The van der Waals surface area contributed by atoms with E-state index < -0.39 is 5.97 Å². The molecule has 1 heterocycles. The van der Waals surface area contributed by atoms with Crippen LogP contribution in [0.3, 0.4) is 0 Å². The lowest BCUT2D eigenvalue weighted by Crippen LogP contribution is -2.34. The fourth-order valence-electron chi connectivity index (χ4n) is 2.17. The van der Waals surface area contributed by atoms with Crippen LogP contribution in [-0.2, 0) is 4.74 Å². The highest BCUT2D eigenvalue weighted by atomic mass is 16.5. The number of rotatable bonds is 7. The van der Waals surface area contributed by atoms with Gasteiger partial charge in [-0.05, 0) is 33.3 Å². The molecule has 1 rings (SSSR count). The van der Waals surface area contributed by atoms with Crippen LogP contribution >= 0.6 is 0 Å². The van der Waals surface area contributed by atoms with Crippen LogP contribution in [0.1, 0.15) is 46.0 Å². The SMILES string of the molecule is CCOCCN(CC)C(=O)c1c(C)[nH]c(C(=O)O)c1C. The van der Waals surface area contributed by atoms with Crippen LogP contribution in [0.15, 0.2) is 0 Å². The van der Waals surface area contributed by atoms with Crippen LogP contribution in [0.4, 0.5) is 0 Å². The topological polar surface area (TPSA) is 82.6 Å². The molecule has 0 aromatic carbocycles. The molecule has 112 valence electrons. The van der Waals surface area contributed by atoms with Crippen LogP contribution in [-0.4, -0.2) is 53.2 Å². The Morgan fingerprint density at radius 2 is 1.95 bits per heavy atom. The molecule has 20 heavy (non-hydrogen) atoms. The van der Waals surface area contributed by atoms with Gasteiger partial charge in [-0.1, -0.05) is 0 Å². The lowest BCUT2D eigenvalue weighted by Gasteiger charge is -2.21. The molecular formula is C14H22N2O4. The fraction of sp³-hybridized carbons (Fsp3) is 0.571. The van der Waals surface area contributed by atoms with Crippen molar-refractivity contribution in [2.75, 3.05) is 26.3 Å². The normalized spacial score (nSPS) is 10.6. The Kier molecular flexibility index (Phi) is 5.76. The molecule has 0 unspecified atom stereocenters. The van der Waals surface area contributed by atoms with Gasteiger partial charge in [0, 0.05) is 25.4 Å². The predicted octanol–water partition coefficient (Wildman–Crippen LogP) is 1.83. The number of nitrogens with zero attached hydrogens (tertiary/aromatic N) is 1. The number of nitrogens with one attached hydrogen (secondary N) is 1. The van der Waals surface area contributed by atoms with Gasteiger partial charge < -0.3 is 19.7 Å². The van der Waals surface area contributed by atoms with Crippen molar-refractivity contribution in [3.63, 3.8) is 0 Å². The van der Waals surface area contributed by atoms with E-state index in [1.54, 1.807) is 18.7 Å². The Balaban J connectivity index is 2.98. The molecule has 0 aliphatic heterocycles. The largest absolute Gasteiger partial charge is 0.477 e. The standard InChI is InChI=1S/C14H22N2O4/c1-5-16(7-8-20-6-2)13(17)11-9(3)12(14(18)19)15-10(11)4/h15H,5-8H2,1-4H3,(H,18,19). The minimum absolute atomic E-state index is 0.0757. The number of aryl methyl sites for hydroxylation is 1. The first-order valence-electron chi connectivity index (χ1n) is 6.73. The second-order valence-corrected chi connectivity index (χ2v) is 4.51. The third-order valence-corrected chi connectivity index (χ3v) is 3.24. The maximum absolute atomic E-state index is 12.5. The van der Waals surface area contributed by atoms with E-state index in [-0.39, 0.29) is 11.6 Å². The highest BCUT2D eigenvalue weighted by molar-refractivity contribution is 6.00. The first-order chi connectivity index (χ1) is 9.43. The summed E-state index contributed by atoms with van der Waals surface area (Å²) in [7, 11) is 0. The minimum Gasteiger partial charge on any atom is -0.477 e. The number of likely N-dealkylation sites (N-methyl/N-ethyl adjacent to an activating group) is 1. The fourth-order valence-corrected chi connectivity index (χ4v) is 2.17. The van der Waals surface area contributed by atoms with Gasteiger partial charge >= 0.3 is 5.97 Å². The molecule has 0 spiro atoms. The third kappa shape index (κ3) is 3.39. The summed E-state index contributed by atoms with van der Waals surface area (Å²) < 4.78 is 5.26. The zero-order chi connectivity index (χ0) is 15.3. The van der Waals surface area contributed by atoms with Gasteiger partial charge in [0.1, 0.15) is 5.69 Å². The number of ether oxygens (including phenoxy) is 1. The van der Waals surface area contributed by atoms with E-state index in [0.29, 0.717) is 43.1 Å². The van der Waals surface area contributed by atoms with Gasteiger partial charge in [0.2, 0.25) is 0 Å². The van der Waals surface area contributed by atoms with Crippen molar-refractivity contribution >= 4 is 11.9 Å². The van der Waals surface area contributed by atoms with E-state index >= 15 is 0 Å². The molecule has 0 bridgehead atoms. The summed E-state index contributed by atoms with van der Waals surface area (Å²) in [4.78, 5) is 28.0. The molecule has 0 aliphatic rings. The number of carbonyl (C=O) groups excluding carboxylic acids is 1. The number of carbonyl (C=O) groups is 2. The Labute approximate surface area is 118 Å². The molecule has 1 aromatic heterocycles. The molecule has 0 saturated carbocycles. The van der Waals surface area contributed by atoms with E-state index in [0.717, 1.165) is 0 Å². The molecule has 0 fully saturated rings. The van der Waals surface area contributed by atoms with Crippen LogP contribution in [0.25, 0.3) is 0 Å². The van der Waals surface area contributed by atoms with Crippen LogP contribution < -0.4 is 0 Å². The summed E-state index contributed by atoms with van der Waals surface area (Å²) in [5.41, 5.74) is 1.59. The molecule has 0 saturated heterocycles. The number of hydrogen-bond donors (Lipinski definition) is 2. The van der Waals surface area contributed by atoms with Crippen molar-refractivity contribution in [2.45, 2.75) is 27.7 Å². The lowest BCUT2D eigenvalue weighted by atomic mass is 10.1. The van der Waals surface area contributed by atoms with E-state index in [2.05, 4.69) is 4.98 Å². The monoisotopic (exact) mass is 282 g/mol. The van der Waals surface area contributed by atoms with Gasteiger partial charge in [0.25, 0.3) is 5.91 Å². The Hall–Kier alpha value is -1.82. The van der Waals surface area contributed by atoms with Crippen LogP contribution in [0.5, 0.6) is 0 Å². The highest BCUT2D eigenvalue weighted by Gasteiger charge is 2.24. The zero-order valence-electron chi connectivity index (χ0n) is 12.4. The first-order valence-corrected chi connectivity index (χ1v) is 6.73. The molecule has 0 atom stereocenters. The Morgan fingerprint density at radius 1 is 1.30 bits per heavy atom. The van der Waals surface area contributed by atoms with Crippen molar-refractivity contribution in [1.29, 1.82) is 0 Å². The number of amides is 1. The van der Waals surface area contributed by atoms with E-state index in [1.807, 2.05) is 13.8 Å². The molecule has 1 amide bonds. The second kappa shape index (κ2) is 7.09. The number of aromatic nitrogens is 1. The van der Waals surface area contributed by atoms with E-state index in [1.165, 1.54) is 0 Å². The van der Waals surface area contributed by atoms with Crippen LogP contribution in [0, 0.1) is 13.8 Å². The molecule has 6 nitrogen and oxygen atoms in total. The van der Waals surface area contributed by atoms with Gasteiger partial charge in [-0.25, -0.2) is 4.79 Å². The Bertz CT molecular complexity index is 494. The zero-order valence-corrected chi connectivity index (χ0v) is 12.4. The third-order valence-electron chi connectivity index (χ3n) is 3.24. The van der Waals surface area contributed by atoms with Crippen molar-refractivity contribution in [2.24, 2.45) is 0 Å². The molecule has 6 heteroatoms. The maximum Gasteiger partial charge on any atom is 0.352 e. The summed E-state index contributed by atoms with van der Waals surface area (Å²) in [5, 5.41) is 9.08. The van der Waals surface area contributed by atoms with Crippen LogP contribution in [0.2, 0.25) is 0 Å². The van der Waals surface area contributed by atoms with Gasteiger partial charge in [0.15, 0.2) is 0 Å². The predicted molar refractivity (Wildman–Crippen MR) is 75.3 cm³/mol. The summed E-state index contributed by atoms with van der Waals surface area (Å²) in [6.45, 7) is 9.28. The average Bonchev–Trinajstić information content (AvgIpc) is 2.69. The number of aromatic carboxylic acids is 1. The first kappa shape index (κ1) is 16.2. The molecule has 0 radical (unpaired) electrons. The summed E-state index contributed by atoms with van der Waals surface area (Å²) >= 11 is 0. The Morgan fingerprint density at radius 3 is 2.40 bits per heavy atom. The molecular weight excluding hydrogens is 260 g/mol. The number of carboxylic acids is 1. The second-order valence-electron chi connectivity index (χ2n) is 4.51. The maximum atomic E-state index is 12.5. The summed E-state index contributed by atoms with van der Waals surface area (Å²) in [5.74, 6) is -1.21. The van der Waals surface area contributed by atoms with Crippen molar-refractivity contribution in [3.8, 4) is 0 Å². The number of H-pyrrole nitrogens is 1. The minimum atomic E-state index is -1.05. The number of carboxylic acid groups (broad SMARTS) is 1.